The molecule has 0 heterocycles. The monoisotopic (exact) mass is 262 g/mol. The Morgan fingerprint density at radius 3 is 2.59 bits per heavy atom. The lowest BCUT2D eigenvalue weighted by atomic mass is 10.1. The fraction of sp³-hybridized carbons (Fsp3) is 0.364. The summed E-state index contributed by atoms with van der Waals surface area (Å²) >= 11 is 5.68. The lowest BCUT2D eigenvalue weighted by molar-refractivity contribution is -0.136. The van der Waals surface area contributed by atoms with Gasteiger partial charge in [-0.15, -0.1) is 0 Å². The zero-order chi connectivity index (χ0) is 13.0. The summed E-state index contributed by atoms with van der Waals surface area (Å²) in [6.07, 6.45) is -0.224. The van der Waals surface area contributed by atoms with E-state index in [0.717, 1.165) is 0 Å². The standard InChI is InChI=1S/C11H12ClFO4/c1-16-8-5-7(12)10(13)6(11(8)17-2)3-4-9(14)15/h5H,3-4H2,1-2H3,(H,14,15). The summed E-state index contributed by atoms with van der Waals surface area (Å²) in [6, 6.07) is 1.29. The fourth-order valence-corrected chi connectivity index (χ4v) is 1.68. The van der Waals surface area contributed by atoms with Crippen LogP contribution in [0.5, 0.6) is 11.5 Å². The van der Waals surface area contributed by atoms with Gasteiger partial charge in [-0.2, -0.15) is 0 Å². The van der Waals surface area contributed by atoms with Crippen LogP contribution in [0.2, 0.25) is 5.02 Å². The zero-order valence-corrected chi connectivity index (χ0v) is 10.2. The van der Waals surface area contributed by atoms with Crippen LogP contribution in [0.4, 0.5) is 4.39 Å². The summed E-state index contributed by atoms with van der Waals surface area (Å²) in [5.41, 5.74) is 0.110. The Kier molecular flexibility index (Phi) is 4.57. The third-order valence-corrected chi connectivity index (χ3v) is 2.52. The van der Waals surface area contributed by atoms with Gasteiger partial charge >= 0.3 is 5.97 Å². The topological polar surface area (TPSA) is 55.8 Å². The summed E-state index contributed by atoms with van der Waals surface area (Å²) in [5, 5.41) is 8.48. The molecule has 0 atom stereocenters. The highest BCUT2D eigenvalue weighted by Crippen LogP contribution is 2.37. The van der Waals surface area contributed by atoms with Crippen LogP contribution in [0.1, 0.15) is 12.0 Å². The Morgan fingerprint density at radius 1 is 1.47 bits per heavy atom. The number of carbonyl (C=O) groups is 1. The molecule has 0 amide bonds. The Labute approximate surface area is 103 Å². The lowest BCUT2D eigenvalue weighted by Crippen LogP contribution is -2.04. The molecule has 0 bridgehead atoms. The summed E-state index contributed by atoms with van der Waals surface area (Å²) in [5.74, 6) is -1.24. The number of benzene rings is 1. The van der Waals surface area contributed by atoms with Gasteiger partial charge in [0, 0.05) is 18.1 Å². The smallest absolute Gasteiger partial charge is 0.303 e. The van der Waals surface area contributed by atoms with Crippen LogP contribution in [-0.4, -0.2) is 25.3 Å². The first kappa shape index (κ1) is 13.6. The number of hydrogen-bond acceptors (Lipinski definition) is 3. The predicted octanol–water partition coefficient (Wildman–Crippen LogP) is 2.51. The van der Waals surface area contributed by atoms with Gasteiger partial charge < -0.3 is 14.6 Å². The van der Waals surface area contributed by atoms with E-state index in [4.69, 9.17) is 26.2 Å². The highest BCUT2D eigenvalue weighted by Gasteiger charge is 2.19. The molecule has 0 saturated carbocycles. The molecule has 1 N–H and O–H groups in total. The van der Waals surface area contributed by atoms with Crippen molar-refractivity contribution in [1.29, 1.82) is 0 Å². The van der Waals surface area contributed by atoms with Gasteiger partial charge in [0.25, 0.3) is 0 Å². The van der Waals surface area contributed by atoms with Crippen molar-refractivity contribution in [3.8, 4) is 11.5 Å². The van der Waals surface area contributed by atoms with E-state index in [1.54, 1.807) is 0 Å². The van der Waals surface area contributed by atoms with Gasteiger partial charge in [-0.1, -0.05) is 11.6 Å². The van der Waals surface area contributed by atoms with Crippen molar-refractivity contribution in [3.05, 3.63) is 22.5 Å². The molecule has 0 radical (unpaired) electrons. The van der Waals surface area contributed by atoms with E-state index in [9.17, 15) is 9.18 Å². The first-order valence-electron chi connectivity index (χ1n) is 4.81. The van der Waals surface area contributed by atoms with Crippen LogP contribution in [0.25, 0.3) is 0 Å². The third kappa shape index (κ3) is 3.00. The maximum Gasteiger partial charge on any atom is 0.303 e. The summed E-state index contributed by atoms with van der Waals surface area (Å²) in [7, 11) is 2.75. The molecule has 1 aromatic rings. The number of ether oxygens (including phenoxy) is 2. The van der Waals surface area contributed by atoms with Crippen LogP contribution < -0.4 is 9.47 Å². The van der Waals surface area contributed by atoms with E-state index in [-0.39, 0.29) is 34.9 Å². The number of aliphatic carboxylic acids is 1. The van der Waals surface area contributed by atoms with E-state index in [1.165, 1.54) is 20.3 Å². The van der Waals surface area contributed by atoms with Gasteiger partial charge in [0.05, 0.1) is 19.2 Å². The van der Waals surface area contributed by atoms with Crippen LogP contribution in [0.15, 0.2) is 6.07 Å². The number of halogens is 2. The van der Waals surface area contributed by atoms with E-state index in [2.05, 4.69) is 0 Å². The molecular formula is C11H12ClFO4. The van der Waals surface area contributed by atoms with Crippen molar-refractivity contribution in [2.45, 2.75) is 12.8 Å². The average molecular weight is 263 g/mol. The van der Waals surface area contributed by atoms with Crippen LogP contribution in [0.3, 0.4) is 0 Å². The fourth-order valence-electron chi connectivity index (χ4n) is 1.47. The molecule has 0 aliphatic heterocycles. The van der Waals surface area contributed by atoms with Crippen molar-refractivity contribution in [3.63, 3.8) is 0 Å². The summed E-state index contributed by atoms with van der Waals surface area (Å²) < 4.78 is 23.8. The lowest BCUT2D eigenvalue weighted by Gasteiger charge is -2.14. The number of hydrogen-bond donors (Lipinski definition) is 1. The summed E-state index contributed by atoms with van der Waals surface area (Å²) in [6.45, 7) is 0. The Bertz CT molecular complexity index is 434. The summed E-state index contributed by atoms with van der Waals surface area (Å²) in [4.78, 5) is 10.5. The molecule has 17 heavy (non-hydrogen) atoms. The zero-order valence-electron chi connectivity index (χ0n) is 9.42. The van der Waals surface area contributed by atoms with Crippen molar-refractivity contribution < 1.29 is 23.8 Å². The average Bonchev–Trinajstić information content (AvgIpc) is 2.29. The van der Waals surface area contributed by atoms with Crippen LogP contribution >= 0.6 is 11.6 Å². The first-order valence-corrected chi connectivity index (χ1v) is 5.19. The Hall–Kier alpha value is -1.49. The van der Waals surface area contributed by atoms with Crippen LogP contribution in [0, 0.1) is 5.82 Å². The van der Waals surface area contributed by atoms with Gasteiger partial charge in [-0.25, -0.2) is 4.39 Å². The molecule has 0 aliphatic rings. The minimum absolute atomic E-state index is 0.0126. The molecular weight excluding hydrogens is 251 g/mol. The van der Waals surface area contributed by atoms with Crippen molar-refractivity contribution in [2.75, 3.05) is 14.2 Å². The number of rotatable bonds is 5. The second-order valence-corrected chi connectivity index (χ2v) is 3.69. The van der Waals surface area contributed by atoms with E-state index in [1.807, 2.05) is 0 Å². The third-order valence-electron chi connectivity index (χ3n) is 2.24. The normalized spacial score (nSPS) is 10.1. The second kappa shape index (κ2) is 5.72. The van der Waals surface area contributed by atoms with Gasteiger partial charge in [0.1, 0.15) is 5.82 Å². The van der Waals surface area contributed by atoms with E-state index >= 15 is 0 Å². The van der Waals surface area contributed by atoms with Gasteiger partial charge in [0.15, 0.2) is 11.5 Å². The first-order chi connectivity index (χ1) is 8.01. The molecule has 4 nitrogen and oxygen atoms in total. The second-order valence-electron chi connectivity index (χ2n) is 3.28. The molecule has 0 aliphatic carbocycles. The maximum atomic E-state index is 13.8. The number of carboxylic acid groups (broad SMARTS) is 1. The van der Waals surface area contributed by atoms with Crippen molar-refractivity contribution >= 4 is 17.6 Å². The van der Waals surface area contributed by atoms with E-state index in [0.29, 0.717) is 0 Å². The molecule has 0 aromatic heterocycles. The van der Waals surface area contributed by atoms with Crippen LogP contribution in [-0.2, 0) is 11.2 Å². The quantitative estimate of drug-likeness (QED) is 0.886. The molecule has 0 fully saturated rings. The minimum Gasteiger partial charge on any atom is -0.493 e. The molecule has 0 unspecified atom stereocenters. The van der Waals surface area contributed by atoms with Crippen molar-refractivity contribution in [1.82, 2.24) is 0 Å². The molecule has 0 saturated heterocycles. The molecule has 0 spiro atoms. The molecule has 6 heteroatoms. The molecule has 1 rings (SSSR count). The highest BCUT2D eigenvalue weighted by molar-refractivity contribution is 6.31. The molecule has 94 valence electrons. The Balaban J connectivity index is 3.22. The maximum absolute atomic E-state index is 13.8. The highest BCUT2D eigenvalue weighted by atomic mass is 35.5. The minimum atomic E-state index is -1.02. The number of methoxy groups -OCH3 is 2. The predicted molar refractivity (Wildman–Crippen MR) is 60.5 cm³/mol. The Morgan fingerprint density at radius 2 is 2.12 bits per heavy atom. The van der Waals surface area contributed by atoms with E-state index < -0.39 is 11.8 Å². The largest absolute Gasteiger partial charge is 0.493 e. The molecule has 1 aromatic carbocycles. The van der Waals surface area contributed by atoms with Gasteiger partial charge in [-0.05, 0) is 6.42 Å². The SMILES string of the molecule is COc1cc(Cl)c(F)c(CCC(=O)O)c1OC. The van der Waals surface area contributed by atoms with Gasteiger partial charge in [0.2, 0.25) is 0 Å². The van der Waals surface area contributed by atoms with Crippen molar-refractivity contribution in [2.24, 2.45) is 0 Å². The van der Waals surface area contributed by atoms with Gasteiger partial charge in [-0.3, -0.25) is 4.79 Å². The number of carboxylic acids is 1.